The molecule has 7 nitrogen and oxygen atoms in total. The van der Waals surface area contributed by atoms with E-state index in [0.717, 1.165) is 15.2 Å². The number of fused-ring (bicyclic) bond motifs is 4. The van der Waals surface area contributed by atoms with Gasteiger partial charge in [-0.1, -0.05) is 12.1 Å². The topological polar surface area (TPSA) is 84.9 Å². The minimum atomic E-state index is -0.696. The van der Waals surface area contributed by atoms with Crippen molar-refractivity contribution < 1.29 is 19.1 Å². The van der Waals surface area contributed by atoms with E-state index in [9.17, 15) is 14.4 Å². The van der Waals surface area contributed by atoms with E-state index in [-0.39, 0.29) is 30.1 Å². The summed E-state index contributed by atoms with van der Waals surface area (Å²) in [5.74, 6) is -0.450. The van der Waals surface area contributed by atoms with Crippen molar-refractivity contribution in [2.45, 2.75) is 17.7 Å². The van der Waals surface area contributed by atoms with Gasteiger partial charge in [0.1, 0.15) is 23.1 Å². The molecule has 1 atom stereocenters. The summed E-state index contributed by atoms with van der Waals surface area (Å²) in [4.78, 5) is 42.5. The van der Waals surface area contributed by atoms with E-state index in [4.69, 9.17) is 9.47 Å². The first-order chi connectivity index (χ1) is 16.5. The zero-order valence-corrected chi connectivity index (χ0v) is 20.5. The van der Waals surface area contributed by atoms with E-state index in [0.29, 0.717) is 27.5 Å². The Labute approximate surface area is 204 Å². The highest BCUT2D eigenvalue weighted by molar-refractivity contribution is 7.98. The van der Waals surface area contributed by atoms with E-state index in [1.54, 1.807) is 42.8 Å². The van der Waals surface area contributed by atoms with Crippen LogP contribution in [0.5, 0.6) is 5.75 Å². The van der Waals surface area contributed by atoms with Gasteiger partial charge in [0.05, 0.1) is 25.2 Å². The van der Waals surface area contributed by atoms with E-state index in [1.165, 1.54) is 11.3 Å². The van der Waals surface area contributed by atoms with Crippen LogP contribution in [0.15, 0.2) is 63.5 Å². The van der Waals surface area contributed by atoms with Crippen molar-refractivity contribution in [2.75, 3.05) is 31.4 Å². The number of carbonyl (C=O) groups excluding carboxylic acids is 2. The van der Waals surface area contributed by atoms with Crippen LogP contribution >= 0.6 is 23.1 Å². The molecule has 3 aromatic rings. The van der Waals surface area contributed by atoms with E-state index in [2.05, 4.69) is 5.32 Å². The van der Waals surface area contributed by atoms with Gasteiger partial charge in [0, 0.05) is 20.5 Å². The lowest BCUT2D eigenvalue weighted by atomic mass is 9.82. The lowest BCUT2D eigenvalue weighted by molar-refractivity contribution is -0.138. The lowest BCUT2D eigenvalue weighted by Gasteiger charge is -2.33. The van der Waals surface area contributed by atoms with Crippen LogP contribution in [0.3, 0.4) is 0 Å². The molecule has 0 spiro atoms. The minimum absolute atomic E-state index is 0.0320. The number of methoxy groups -OCH3 is 1. The second-order valence-electron chi connectivity index (χ2n) is 7.84. The SMILES string of the molecule is CCOC(=O)C1=C2NC(=O)CN2c2sc3cc(SC)ccc3c(=O)c2C1c1ccc(OC)cc1. The molecular formula is C25H22N2O5S2. The summed E-state index contributed by atoms with van der Waals surface area (Å²) < 4.78 is 11.5. The first-order valence-corrected chi connectivity index (χ1v) is 12.8. The molecule has 2 aliphatic rings. The number of carbonyl (C=O) groups is 2. The number of nitrogens with zero attached hydrogens (tertiary/aromatic N) is 1. The van der Waals surface area contributed by atoms with Crippen molar-refractivity contribution in [1.29, 1.82) is 0 Å². The third-order valence-electron chi connectivity index (χ3n) is 5.97. The number of anilines is 1. The molecule has 34 heavy (non-hydrogen) atoms. The Bertz CT molecular complexity index is 1410. The molecule has 1 aromatic heterocycles. The summed E-state index contributed by atoms with van der Waals surface area (Å²) in [5.41, 5.74) is 1.32. The quantitative estimate of drug-likeness (QED) is 0.426. The molecule has 174 valence electrons. The number of amides is 1. The molecule has 3 heterocycles. The van der Waals surface area contributed by atoms with E-state index >= 15 is 0 Å². The van der Waals surface area contributed by atoms with Crippen molar-refractivity contribution in [3.8, 4) is 5.75 Å². The first kappa shape index (κ1) is 22.5. The van der Waals surface area contributed by atoms with Gasteiger partial charge in [-0.05, 0) is 49.1 Å². The summed E-state index contributed by atoms with van der Waals surface area (Å²) in [5, 5.41) is 4.09. The largest absolute Gasteiger partial charge is 0.497 e. The third kappa shape index (κ3) is 3.56. The van der Waals surface area contributed by atoms with Crippen LogP contribution in [0.4, 0.5) is 5.00 Å². The Kier molecular flexibility index (Phi) is 5.83. The van der Waals surface area contributed by atoms with Crippen LogP contribution in [-0.4, -0.2) is 38.4 Å². The molecule has 5 rings (SSSR count). The standard InChI is InChI=1S/C25H22N2O5S2/c1-4-32-25(30)21-19(13-5-7-14(31-2)8-6-13)20-22(29)16-10-9-15(33-3)11-17(16)34-24(20)27-12-18(28)26-23(21)27/h5-11,19H,4,12H2,1-3H3,(H,26,28). The molecule has 1 amide bonds. The average Bonchev–Trinajstić information content (AvgIpc) is 3.24. The zero-order valence-electron chi connectivity index (χ0n) is 18.8. The maximum Gasteiger partial charge on any atom is 0.338 e. The van der Waals surface area contributed by atoms with Crippen LogP contribution < -0.4 is 20.4 Å². The number of hydrogen-bond donors (Lipinski definition) is 1. The Morgan fingerprint density at radius 2 is 1.97 bits per heavy atom. The minimum Gasteiger partial charge on any atom is -0.497 e. The monoisotopic (exact) mass is 494 g/mol. The molecule has 0 saturated carbocycles. The summed E-state index contributed by atoms with van der Waals surface area (Å²) in [6, 6.07) is 13.0. The number of nitrogens with one attached hydrogen (secondary N) is 1. The Balaban J connectivity index is 1.84. The zero-order chi connectivity index (χ0) is 24.0. The predicted octanol–water partition coefficient (Wildman–Crippen LogP) is 3.85. The molecule has 1 fully saturated rings. The van der Waals surface area contributed by atoms with Crippen molar-refractivity contribution in [3.63, 3.8) is 0 Å². The predicted molar refractivity (Wildman–Crippen MR) is 134 cm³/mol. The number of thioether (sulfide) groups is 1. The first-order valence-electron chi connectivity index (χ1n) is 10.7. The molecule has 0 aliphatic carbocycles. The lowest BCUT2D eigenvalue weighted by Crippen LogP contribution is -2.35. The molecule has 9 heteroatoms. The van der Waals surface area contributed by atoms with Gasteiger partial charge in [-0.3, -0.25) is 9.59 Å². The highest BCUT2D eigenvalue weighted by Gasteiger charge is 2.44. The van der Waals surface area contributed by atoms with Gasteiger partial charge in [0.15, 0.2) is 5.43 Å². The fourth-order valence-corrected chi connectivity index (χ4v) is 6.21. The number of hydrogen-bond acceptors (Lipinski definition) is 8. The normalized spacial score (nSPS) is 16.9. The molecule has 1 unspecified atom stereocenters. The fourth-order valence-electron chi connectivity index (χ4n) is 4.44. The van der Waals surface area contributed by atoms with Gasteiger partial charge in [-0.2, -0.15) is 0 Å². The Morgan fingerprint density at radius 1 is 1.21 bits per heavy atom. The number of rotatable bonds is 5. The van der Waals surface area contributed by atoms with Gasteiger partial charge in [0.2, 0.25) is 5.91 Å². The number of benzene rings is 2. The van der Waals surface area contributed by atoms with Crippen LogP contribution in [0.1, 0.15) is 24.0 Å². The van der Waals surface area contributed by atoms with Crippen LogP contribution in [-0.2, 0) is 14.3 Å². The summed E-state index contributed by atoms with van der Waals surface area (Å²) in [6.45, 7) is 1.93. The summed E-state index contributed by atoms with van der Waals surface area (Å²) >= 11 is 3.05. The molecule has 0 bridgehead atoms. The van der Waals surface area contributed by atoms with E-state index < -0.39 is 11.9 Å². The summed E-state index contributed by atoms with van der Waals surface area (Å²) in [7, 11) is 1.58. The van der Waals surface area contributed by atoms with Crippen molar-refractivity contribution in [2.24, 2.45) is 0 Å². The maximum absolute atomic E-state index is 13.9. The van der Waals surface area contributed by atoms with Gasteiger partial charge in [0.25, 0.3) is 0 Å². The molecule has 2 aromatic carbocycles. The number of esters is 1. The van der Waals surface area contributed by atoms with Crippen LogP contribution in [0.2, 0.25) is 0 Å². The van der Waals surface area contributed by atoms with Gasteiger partial charge >= 0.3 is 5.97 Å². The van der Waals surface area contributed by atoms with Gasteiger partial charge in [-0.25, -0.2) is 4.79 Å². The summed E-state index contributed by atoms with van der Waals surface area (Å²) in [6.07, 6.45) is 1.98. The van der Waals surface area contributed by atoms with Crippen LogP contribution in [0, 0.1) is 0 Å². The highest BCUT2D eigenvalue weighted by atomic mass is 32.2. The molecule has 1 N–H and O–H groups in total. The fraction of sp³-hybridized carbons (Fsp3) is 0.240. The van der Waals surface area contributed by atoms with Crippen molar-refractivity contribution in [1.82, 2.24) is 5.32 Å². The van der Waals surface area contributed by atoms with E-state index in [1.807, 2.05) is 36.6 Å². The smallest absolute Gasteiger partial charge is 0.338 e. The molecule has 2 aliphatic heterocycles. The molecule has 1 saturated heterocycles. The second-order valence-corrected chi connectivity index (χ2v) is 9.75. The van der Waals surface area contributed by atoms with Gasteiger partial charge in [-0.15, -0.1) is 23.1 Å². The Morgan fingerprint density at radius 3 is 2.65 bits per heavy atom. The molecule has 0 radical (unpaired) electrons. The average molecular weight is 495 g/mol. The van der Waals surface area contributed by atoms with Crippen LogP contribution in [0.25, 0.3) is 10.1 Å². The van der Waals surface area contributed by atoms with Crippen molar-refractivity contribution in [3.05, 3.63) is 75.2 Å². The van der Waals surface area contributed by atoms with Crippen molar-refractivity contribution >= 4 is 50.1 Å². The second kappa shape index (κ2) is 8.81. The Hall–Kier alpha value is -3.30. The maximum atomic E-state index is 13.9. The molecular weight excluding hydrogens is 472 g/mol. The third-order valence-corrected chi connectivity index (χ3v) is 7.88. The number of ether oxygens (including phenoxy) is 2. The van der Waals surface area contributed by atoms with Gasteiger partial charge < -0.3 is 19.7 Å². The highest BCUT2D eigenvalue weighted by Crippen LogP contribution is 2.47.